The van der Waals surface area contributed by atoms with Crippen molar-refractivity contribution in [1.82, 2.24) is 15.5 Å². The Balaban J connectivity index is 1.79. The molecule has 1 aliphatic heterocycles. The predicted octanol–water partition coefficient (Wildman–Crippen LogP) is 2.20. The van der Waals surface area contributed by atoms with Gasteiger partial charge < -0.3 is 15.4 Å². The molecule has 2 amide bonds. The molecule has 1 heterocycles. The summed E-state index contributed by atoms with van der Waals surface area (Å²) >= 11 is 5.39. The second-order valence-electron chi connectivity index (χ2n) is 6.45. The molecule has 0 unspecified atom stereocenters. The van der Waals surface area contributed by atoms with E-state index in [1.54, 1.807) is 24.1 Å². The minimum Gasteiger partial charge on any atom is -0.483 e. The van der Waals surface area contributed by atoms with Crippen LogP contribution in [0.2, 0.25) is 0 Å². The number of hydrogen-bond donors (Lipinski definition) is 2. The number of hydrogen-bond acceptors (Lipinski definition) is 4. The Kier molecular flexibility index (Phi) is 5.88. The number of thiocarbonyl (C=S) groups is 1. The molecule has 0 bridgehead atoms. The zero-order chi connectivity index (χ0) is 18.5. The SMILES string of the molecule is CNC(=O)COc1ccccc1/C=C1\NC(=S)N(C2CCCCC2)C1=O. The maximum absolute atomic E-state index is 12.8. The van der Waals surface area contributed by atoms with E-state index in [1.807, 2.05) is 18.2 Å². The third-order valence-corrected chi connectivity index (χ3v) is 5.00. The Labute approximate surface area is 158 Å². The Bertz CT molecular complexity index is 741. The summed E-state index contributed by atoms with van der Waals surface area (Å²) in [5.41, 5.74) is 1.16. The highest BCUT2D eigenvalue weighted by Crippen LogP contribution is 2.28. The van der Waals surface area contributed by atoms with E-state index >= 15 is 0 Å². The van der Waals surface area contributed by atoms with Gasteiger partial charge in [0.15, 0.2) is 11.7 Å². The van der Waals surface area contributed by atoms with Crippen molar-refractivity contribution < 1.29 is 14.3 Å². The first-order chi connectivity index (χ1) is 12.6. The maximum atomic E-state index is 12.8. The van der Waals surface area contributed by atoms with Crippen LogP contribution in [0.1, 0.15) is 37.7 Å². The van der Waals surface area contributed by atoms with Gasteiger partial charge in [-0.25, -0.2) is 0 Å². The summed E-state index contributed by atoms with van der Waals surface area (Å²) in [6.07, 6.45) is 7.20. The van der Waals surface area contributed by atoms with Gasteiger partial charge in [0, 0.05) is 18.7 Å². The molecule has 1 saturated carbocycles. The molecule has 0 radical (unpaired) electrons. The van der Waals surface area contributed by atoms with Gasteiger partial charge in [-0.1, -0.05) is 37.5 Å². The van der Waals surface area contributed by atoms with Crippen LogP contribution in [0.5, 0.6) is 5.75 Å². The van der Waals surface area contributed by atoms with Crippen LogP contribution >= 0.6 is 12.2 Å². The van der Waals surface area contributed by atoms with Crippen molar-refractivity contribution in [2.24, 2.45) is 0 Å². The van der Waals surface area contributed by atoms with Crippen molar-refractivity contribution in [3.8, 4) is 5.75 Å². The zero-order valence-electron chi connectivity index (χ0n) is 14.8. The molecule has 2 N–H and O–H groups in total. The standard InChI is InChI=1S/C19H23N3O3S/c1-20-17(23)12-25-16-10-6-5-7-13(16)11-15-18(24)22(19(26)21-15)14-8-3-2-4-9-14/h5-7,10-11,14H,2-4,8-9,12H2,1H3,(H,20,23)(H,21,26)/b15-11-. The molecule has 3 rings (SSSR count). The summed E-state index contributed by atoms with van der Waals surface area (Å²) in [6.45, 7) is -0.0787. The molecular formula is C19H23N3O3S. The van der Waals surface area contributed by atoms with Gasteiger partial charge in [-0.05, 0) is 37.2 Å². The van der Waals surface area contributed by atoms with E-state index in [0.717, 1.165) is 31.2 Å². The van der Waals surface area contributed by atoms with Gasteiger partial charge in [-0.15, -0.1) is 0 Å². The molecule has 2 aliphatic rings. The molecule has 1 aliphatic carbocycles. The monoisotopic (exact) mass is 373 g/mol. The summed E-state index contributed by atoms with van der Waals surface area (Å²) in [7, 11) is 1.56. The van der Waals surface area contributed by atoms with Crippen molar-refractivity contribution in [3.05, 3.63) is 35.5 Å². The van der Waals surface area contributed by atoms with Crippen LogP contribution in [0.25, 0.3) is 6.08 Å². The van der Waals surface area contributed by atoms with Crippen LogP contribution in [0.3, 0.4) is 0 Å². The smallest absolute Gasteiger partial charge is 0.276 e. The first kappa shape index (κ1) is 18.4. The van der Waals surface area contributed by atoms with E-state index in [0.29, 0.717) is 16.6 Å². The third kappa shape index (κ3) is 4.04. The first-order valence-electron chi connectivity index (χ1n) is 8.89. The van der Waals surface area contributed by atoms with Crippen molar-refractivity contribution in [2.75, 3.05) is 13.7 Å². The lowest BCUT2D eigenvalue weighted by Crippen LogP contribution is -2.41. The number of benzene rings is 1. The number of rotatable bonds is 5. The van der Waals surface area contributed by atoms with Gasteiger partial charge in [0.1, 0.15) is 11.4 Å². The molecule has 0 atom stereocenters. The summed E-state index contributed by atoms with van der Waals surface area (Å²) in [5.74, 6) is 0.232. The van der Waals surface area contributed by atoms with Crippen LogP contribution in [0.15, 0.2) is 30.0 Å². The Morgan fingerprint density at radius 2 is 2.08 bits per heavy atom. The summed E-state index contributed by atoms with van der Waals surface area (Å²) in [5, 5.41) is 6.02. The molecule has 6 nitrogen and oxygen atoms in total. The van der Waals surface area contributed by atoms with Crippen LogP contribution in [0, 0.1) is 0 Å². The largest absolute Gasteiger partial charge is 0.483 e. The van der Waals surface area contributed by atoms with Gasteiger partial charge in [-0.2, -0.15) is 0 Å². The minimum absolute atomic E-state index is 0.0787. The molecular weight excluding hydrogens is 350 g/mol. The Hall–Kier alpha value is -2.41. The fraction of sp³-hybridized carbons (Fsp3) is 0.421. The molecule has 7 heteroatoms. The molecule has 0 aromatic heterocycles. The highest BCUT2D eigenvalue weighted by molar-refractivity contribution is 7.80. The van der Waals surface area contributed by atoms with Crippen molar-refractivity contribution in [1.29, 1.82) is 0 Å². The van der Waals surface area contributed by atoms with Crippen LogP contribution in [0.4, 0.5) is 0 Å². The molecule has 1 saturated heterocycles. The topological polar surface area (TPSA) is 70.7 Å². The first-order valence-corrected chi connectivity index (χ1v) is 9.29. The summed E-state index contributed by atoms with van der Waals surface area (Å²) in [4.78, 5) is 26.0. The molecule has 1 aromatic rings. The van der Waals surface area contributed by atoms with Crippen LogP contribution in [-0.2, 0) is 9.59 Å². The van der Waals surface area contributed by atoms with Gasteiger partial charge >= 0.3 is 0 Å². The van der Waals surface area contributed by atoms with E-state index in [2.05, 4.69) is 10.6 Å². The average molecular weight is 373 g/mol. The van der Waals surface area contributed by atoms with E-state index in [4.69, 9.17) is 17.0 Å². The second kappa shape index (κ2) is 8.31. The average Bonchev–Trinajstić information content (AvgIpc) is 2.94. The summed E-state index contributed by atoms with van der Waals surface area (Å²) in [6, 6.07) is 7.47. The lowest BCUT2D eigenvalue weighted by molar-refractivity contribution is -0.124. The molecule has 138 valence electrons. The summed E-state index contributed by atoms with van der Waals surface area (Å²) < 4.78 is 5.56. The van der Waals surface area contributed by atoms with Gasteiger partial charge in [0.05, 0.1) is 0 Å². The van der Waals surface area contributed by atoms with E-state index in [-0.39, 0.29) is 24.5 Å². The maximum Gasteiger partial charge on any atom is 0.276 e. The zero-order valence-corrected chi connectivity index (χ0v) is 15.6. The number of ether oxygens (including phenoxy) is 1. The van der Waals surface area contributed by atoms with Crippen LogP contribution < -0.4 is 15.4 Å². The van der Waals surface area contributed by atoms with Gasteiger partial charge in [0.25, 0.3) is 11.8 Å². The Morgan fingerprint density at radius 1 is 1.35 bits per heavy atom. The number of carbonyl (C=O) groups excluding carboxylic acids is 2. The van der Waals surface area contributed by atoms with Crippen LogP contribution in [-0.4, -0.2) is 41.5 Å². The lowest BCUT2D eigenvalue weighted by Gasteiger charge is -2.29. The quantitative estimate of drug-likeness (QED) is 0.612. The van der Waals surface area contributed by atoms with E-state index in [1.165, 1.54) is 6.42 Å². The second-order valence-corrected chi connectivity index (χ2v) is 6.84. The molecule has 26 heavy (non-hydrogen) atoms. The molecule has 1 aromatic carbocycles. The van der Waals surface area contributed by atoms with Gasteiger partial charge in [0.2, 0.25) is 0 Å². The lowest BCUT2D eigenvalue weighted by atomic mass is 9.94. The number of likely N-dealkylation sites (N-methyl/N-ethyl adjacent to an activating group) is 1. The van der Waals surface area contributed by atoms with E-state index in [9.17, 15) is 9.59 Å². The van der Waals surface area contributed by atoms with Gasteiger partial charge in [-0.3, -0.25) is 14.5 Å². The normalized spacial score (nSPS) is 19.6. The number of nitrogens with one attached hydrogen (secondary N) is 2. The Morgan fingerprint density at radius 3 is 2.81 bits per heavy atom. The number of amides is 2. The van der Waals surface area contributed by atoms with Crippen molar-refractivity contribution in [3.63, 3.8) is 0 Å². The highest BCUT2D eigenvalue weighted by Gasteiger charge is 2.36. The van der Waals surface area contributed by atoms with Crippen molar-refractivity contribution >= 4 is 35.2 Å². The molecule has 0 spiro atoms. The number of carbonyl (C=O) groups is 2. The number of nitrogens with zero attached hydrogens (tertiary/aromatic N) is 1. The molecule has 2 fully saturated rings. The van der Waals surface area contributed by atoms with Crippen molar-refractivity contribution in [2.45, 2.75) is 38.1 Å². The minimum atomic E-state index is -0.216. The van der Waals surface area contributed by atoms with E-state index < -0.39 is 0 Å². The predicted molar refractivity (Wildman–Crippen MR) is 103 cm³/mol. The fourth-order valence-corrected chi connectivity index (χ4v) is 3.66. The third-order valence-electron chi connectivity index (χ3n) is 4.71. The highest BCUT2D eigenvalue weighted by atomic mass is 32.1. The number of para-hydroxylation sites is 1. The fourth-order valence-electron chi connectivity index (χ4n) is 3.32.